The first kappa shape index (κ1) is 11.2. The van der Waals surface area contributed by atoms with Crippen molar-refractivity contribution in [3.63, 3.8) is 0 Å². The van der Waals surface area contributed by atoms with Crippen LogP contribution in [0.5, 0.6) is 0 Å². The smallest absolute Gasteiger partial charge is 0.0601 e. The van der Waals surface area contributed by atoms with Crippen LogP contribution in [0.25, 0.3) is 0 Å². The first-order chi connectivity index (χ1) is 8.31. The molecule has 1 atom stereocenters. The van der Waals surface area contributed by atoms with E-state index < -0.39 is 0 Å². The van der Waals surface area contributed by atoms with E-state index in [0.29, 0.717) is 6.04 Å². The largest absolute Gasteiger partial charge is 0.379 e. The van der Waals surface area contributed by atoms with Crippen LogP contribution in [-0.2, 0) is 10.2 Å². The molecule has 0 saturated carbocycles. The first-order valence-corrected chi connectivity index (χ1v) is 6.36. The monoisotopic (exact) mass is 232 g/mol. The third-order valence-electron chi connectivity index (χ3n) is 4.11. The van der Waals surface area contributed by atoms with Crippen molar-refractivity contribution in [3.05, 3.63) is 35.9 Å². The maximum absolute atomic E-state index is 5.52. The standard InChI is InChI=1S/C14H20N2O/c1-16-8-7-15-13(9-16)14(10-17-11-14)12-5-3-2-4-6-12/h2-6,13,15H,7-11H2,1H3. The normalized spacial score (nSPS) is 28.6. The molecule has 1 aromatic carbocycles. The van der Waals surface area contributed by atoms with Gasteiger partial charge >= 0.3 is 0 Å². The highest BCUT2D eigenvalue weighted by Gasteiger charge is 2.47. The predicted molar refractivity (Wildman–Crippen MR) is 68.2 cm³/mol. The second-order valence-electron chi connectivity index (χ2n) is 5.28. The lowest BCUT2D eigenvalue weighted by Crippen LogP contribution is -2.66. The molecule has 3 nitrogen and oxygen atoms in total. The van der Waals surface area contributed by atoms with Gasteiger partial charge in [0, 0.05) is 25.7 Å². The molecule has 0 aromatic heterocycles. The molecule has 2 aliphatic heterocycles. The number of ether oxygens (including phenoxy) is 1. The molecule has 92 valence electrons. The maximum atomic E-state index is 5.52. The fraction of sp³-hybridized carbons (Fsp3) is 0.571. The Kier molecular flexibility index (Phi) is 2.90. The van der Waals surface area contributed by atoms with Crippen molar-refractivity contribution in [2.45, 2.75) is 11.5 Å². The Hall–Kier alpha value is -0.900. The number of rotatable bonds is 2. The van der Waals surface area contributed by atoms with Crippen molar-refractivity contribution in [3.8, 4) is 0 Å². The van der Waals surface area contributed by atoms with Gasteiger partial charge in [-0.05, 0) is 12.6 Å². The van der Waals surface area contributed by atoms with Crippen molar-refractivity contribution in [2.24, 2.45) is 0 Å². The van der Waals surface area contributed by atoms with Gasteiger partial charge in [-0.2, -0.15) is 0 Å². The molecule has 0 bridgehead atoms. The van der Waals surface area contributed by atoms with Gasteiger partial charge in [0.1, 0.15) is 0 Å². The number of nitrogens with one attached hydrogen (secondary N) is 1. The van der Waals surface area contributed by atoms with Crippen molar-refractivity contribution < 1.29 is 4.74 Å². The van der Waals surface area contributed by atoms with Gasteiger partial charge in [0.25, 0.3) is 0 Å². The Morgan fingerprint density at radius 1 is 1.29 bits per heavy atom. The number of nitrogens with zero attached hydrogens (tertiary/aromatic N) is 1. The third-order valence-corrected chi connectivity index (χ3v) is 4.11. The zero-order valence-electron chi connectivity index (χ0n) is 10.4. The van der Waals surface area contributed by atoms with E-state index >= 15 is 0 Å². The number of piperazine rings is 1. The van der Waals surface area contributed by atoms with Gasteiger partial charge in [-0.25, -0.2) is 0 Å². The van der Waals surface area contributed by atoms with Gasteiger partial charge in [0.2, 0.25) is 0 Å². The van der Waals surface area contributed by atoms with E-state index in [2.05, 4.69) is 47.6 Å². The van der Waals surface area contributed by atoms with Crippen LogP contribution in [0.1, 0.15) is 5.56 Å². The molecule has 0 aliphatic carbocycles. The molecule has 2 aliphatic rings. The predicted octanol–water partition coefficient (Wildman–Crippen LogP) is 0.858. The number of benzene rings is 1. The molecule has 2 fully saturated rings. The fourth-order valence-electron chi connectivity index (χ4n) is 2.93. The first-order valence-electron chi connectivity index (χ1n) is 6.36. The fourth-order valence-corrected chi connectivity index (χ4v) is 2.93. The Labute approximate surface area is 103 Å². The van der Waals surface area contributed by atoms with Crippen LogP contribution < -0.4 is 5.32 Å². The minimum Gasteiger partial charge on any atom is -0.379 e. The van der Waals surface area contributed by atoms with E-state index in [-0.39, 0.29) is 5.41 Å². The zero-order chi connectivity index (χ0) is 11.7. The highest BCUT2D eigenvalue weighted by atomic mass is 16.5. The second-order valence-corrected chi connectivity index (χ2v) is 5.28. The van der Waals surface area contributed by atoms with Gasteiger partial charge in [0.15, 0.2) is 0 Å². The van der Waals surface area contributed by atoms with Crippen molar-refractivity contribution in [1.82, 2.24) is 10.2 Å². The summed E-state index contributed by atoms with van der Waals surface area (Å²) >= 11 is 0. The summed E-state index contributed by atoms with van der Waals surface area (Å²) in [5, 5.41) is 3.67. The highest BCUT2D eigenvalue weighted by Crippen LogP contribution is 2.36. The summed E-state index contributed by atoms with van der Waals surface area (Å²) in [6.07, 6.45) is 0. The number of hydrogen-bond acceptors (Lipinski definition) is 3. The van der Waals surface area contributed by atoms with Crippen molar-refractivity contribution >= 4 is 0 Å². The lowest BCUT2D eigenvalue weighted by Gasteiger charge is -2.50. The molecular formula is C14H20N2O. The van der Waals surface area contributed by atoms with Crippen molar-refractivity contribution in [2.75, 3.05) is 39.9 Å². The SMILES string of the molecule is CN1CCNC(C2(c3ccccc3)COC2)C1. The van der Waals surface area contributed by atoms with E-state index in [1.54, 1.807) is 0 Å². The molecule has 1 unspecified atom stereocenters. The van der Waals surface area contributed by atoms with Crippen LogP contribution in [0.15, 0.2) is 30.3 Å². The van der Waals surface area contributed by atoms with Crippen LogP contribution in [0.2, 0.25) is 0 Å². The van der Waals surface area contributed by atoms with Crippen molar-refractivity contribution in [1.29, 1.82) is 0 Å². The topological polar surface area (TPSA) is 24.5 Å². The van der Waals surface area contributed by atoms with E-state index in [0.717, 1.165) is 32.8 Å². The van der Waals surface area contributed by atoms with Crippen LogP contribution in [-0.4, -0.2) is 50.8 Å². The average molecular weight is 232 g/mol. The molecule has 3 rings (SSSR count). The van der Waals surface area contributed by atoms with Crippen LogP contribution in [0.4, 0.5) is 0 Å². The number of likely N-dealkylation sites (N-methyl/N-ethyl adjacent to an activating group) is 1. The summed E-state index contributed by atoms with van der Waals surface area (Å²) in [5.41, 5.74) is 1.61. The lowest BCUT2D eigenvalue weighted by atomic mass is 9.71. The summed E-state index contributed by atoms with van der Waals surface area (Å²) in [6.45, 7) is 5.03. The van der Waals surface area contributed by atoms with Crippen LogP contribution in [0.3, 0.4) is 0 Å². The highest BCUT2D eigenvalue weighted by molar-refractivity contribution is 5.31. The summed E-state index contributed by atoms with van der Waals surface area (Å²) < 4.78 is 5.52. The minimum atomic E-state index is 0.190. The second kappa shape index (κ2) is 4.41. The van der Waals surface area contributed by atoms with Gasteiger partial charge in [0.05, 0.1) is 18.6 Å². The number of hydrogen-bond donors (Lipinski definition) is 1. The molecule has 1 N–H and O–H groups in total. The zero-order valence-corrected chi connectivity index (χ0v) is 10.4. The van der Waals surface area contributed by atoms with E-state index in [1.165, 1.54) is 5.56 Å². The molecule has 0 spiro atoms. The third kappa shape index (κ3) is 1.88. The average Bonchev–Trinajstić information content (AvgIpc) is 2.29. The molecule has 2 saturated heterocycles. The summed E-state index contributed by atoms with van der Waals surface area (Å²) in [5.74, 6) is 0. The van der Waals surface area contributed by atoms with Gasteiger partial charge in [-0.15, -0.1) is 0 Å². The summed E-state index contributed by atoms with van der Waals surface area (Å²) in [7, 11) is 2.20. The molecule has 3 heteroatoms. The quantitative estimate of drug-likeness (QED) is 0.818. The Balaban J connectivity index is 1.87. The van der Waals surface area contributed by atoms with Crippen LogP contribution >= 0.6 is 0 Å². The van der Waals surface area contributed by atoms with Gasteiger partial charge in [-0.3, -0.25) is 0 Å². The van der Waals surface area contributed by atoms with E-state index in [4.69, 9.17) is 4.74 Å². The minimum absolute atomic E-state index is 0.190. The maximum Gasteiger partial charge on any atom is 0.0601 e. The Bertz CT molecular complexity index is 375. The van der Waals surface area contributed by atoms with Gasteiger partial charge in [-0.1, -0.05) is 30.3 Å². The van der Waals surface area contributed by atoms with Gasteiger partial charge < -0.3 is 15.0 Å². The Morgan fingerprint density at radius 2 is 2.06 bits per heavy atom. The molecule has 17 heavy (non-hydrogen) atoms. The van der Waals surface area contributed by atoms with Crippen LogP contribution in [0, 0.1) is 0 Å². The van der Waals surface area contributed by atoms with E-state index in [1.807, 2.05) is 0 Å². The summed E-state index contributed by atoms with van der Waals surface area (Å²) in [4.78, 5) is 2.41. The molecule has 2 heterocycles. The lowest BCUT2D eigenvalue weighted by molar-refractivity contribution is -0.0865. The molecule has 1 aromatic rings. The molecular weight excluding hydrogens is 212 g/mol. The summed E-state index contributed by atoms with van der Waals surface area (Å²) in [6, 6.07) is 11.3. The van der Waals surface area contributed by atoms with E-state index in [9.17, 15) is 0 Å². The Morgan fingerprint density at radius 3 is 2.65 bits per heavy atom. The molecule has 0 amide bonds. The molecule has 0 radical (unpaired) electrons.